The summed E-state index contributed by atoms with van der Waals surface area (Å²) in [5.74, 6) is 0.676. The van der Waals surface area contributed by atoms with Crippen LogP contribution < -0.4 is 10.6 Å². The first-order chi connectivity index (χ1) is 15.5. The number of anilines is 2. The molecule has 4 rings (SSSR count). The molecule has 2 aromatic heterocycles. The fraction of sp³-hybridized carbons (Fsp3) is 0.0952. The molecule has 2 aromatic carbocycles. The van der Waals surface area contributed by atoms with Crippen molar-refractivity contribution in [1.82, 2.24) is 15.0 Å². The largest absolute Gasteiger partial charge is 0.363 e. The van der Waals surface area contributed by atoms with Gasteiger partial charge in [0.1, 0.15) is 5.52 Å². The van der Waals surface area contributed by atoms with Gasteiger partial charge in [-0.25, -0.2) is 15.0 Å². The quantitative estimate of drug-likeness (QED) is 0.311. The number of rotatable bonds is 8. The molecule has 0 aliphatic carbocycles. The Labute approximate surface area is 181 Å². The molecule has 0 atom stereocenters. The monoisotopic (exact) mass is 431 g/mol. The topological polar surface area (TPSA) is 149 Å². The van der Waals surface area contributed by atoms with Crippen LogP contribution in [-0.2, 0) is 13.1 Å². The summed E-state index contributed by atoms with van der Waals surface area (Å²) < 4.78 is 0. The minimum Gasteiger partial charge on any atom is -0.363 e. The molecule has 0 saturated carbocycles. The Morgan fingerprint density at radius 2 is 1.25 bits per heavy atom. The summed E-state index contributed by atoms with van der Waals surface area (Å²) in [6.07, 6.45) is 1.59. The summed E-state index contributed by atoms with van der Waals surface area (Å²) in [7, 11) is 0. The lowest BCUT2D eigenvalue weighted by Gasteiger charge is -2.13. The van der Waals surface area contributed by atoms with Gasteiger partial charge in [-0.3, -0.25) is 20.2 Å². The summed E-state index contributed by atoms with van der Waals surface area (Å²) in [4.78, 5) is 34.9. The second-order valence-electron chi connectivity index (χ2n) is 6.75. The van der Waals surface area contributed by atoms with E-state index >= 15 is 0 Å². The van der Waals surface area contributed by atoms with Gasteiger partial charge in [-0.05, 0) is 12.1 Å². The van der Waals surface area contributed by atoms with Crippen molar-refractivity contribution >= 4 is 34.2 Å². The molecule has 0 spiro atoms. The van der Waals surface area contributed by atoms with Crippen LogP contribution in [0.25, 0.3) is 11.2 Å². The SMILES string of the molecule is O=[N+]([O-])c1ccccc1CNc1nc2cccnc2nc1NCc1ccccc1[N+](=O)[O-]. The number of para-hydroxylation sites is 2. The molecule has 0 aliphatic heterocycles. The van der Waals surface area contributed by atoms with E-state index in [1.165, 1.54) is 12.1 Å². The average molecular weight is 431 g/mol. The zero-order valence-corrected chi connectivity index (χ0v) is 16.6. The molecule has 4 aromatic rings. The Bertz CT molecular complexity index is 1210. The van der Waals surface area contributed by atoms with Crippen LogP contribution in [0, 0.1) is 20.2 Å². The third-order valence-corrected chi connectivity index (χ3v) is 4.71. The molecule has 11 nitrogen and oxygen atoms in total. The first-order valence-corrected chi connectivity index (χ1v) is 9.58. The van der Waals surface area contributed by atoms with E-state index < -0.39 is 9.85 Å². The van der Waals surface area contributed by atoms with Gasteiger partial charge < -0.3 is 10.6 Å². The number of benzene rings is 2. The van der Waals surface area contributed by atoms with E-state index in [2.05, 4.69) is 25.6 Å². The van der Waals surface area contributed by atoms with E-state index in [-0.39, 0.29) is 24.5 Å². The lowest BCUT2D eigenvalue weighted by Crippen LogP contribution is -2.11. The van der Waals surface area contributed by atoms with Crippen LogP contribution in [-0.4, -0.2) is 24.8 Å². The highest BCUT2D eigenvalue weighted by molar-refractivity contribution is 5.77. The number of nitrogens with zero attached hydrogens (tertiary/aromatic N) is 5. The molecule has 2 heterocycles. The van der Waals surface area contributed by atoms with Gasteiger partial charge in [0.25, 0.3) is 11.4 Å². The second kappa shape index (κ2) is 9.00. The Morgan fingerprint density at radius 3 is 1.81 bits per heavy atom. The standard InChI is InChI=1S/C21H17N7O4/c29-27(30)17-9-3-1-6-14(17)12-23-20-21(26-19-16(25-20)8-5-11-22-19)24-13-15-7-2-4-10-18(15)28(31)32/h1-11H,12-13H2,(H,23,25)(H,22,24,26). The molecule has 0 amide bonds. The summed E-state index contributed by atoms with van der Waals surface area (Å²) in [6.45, 7) is 0.266. The smallest absolute Gasteiger partial charge is 0.274 e. The van der Waals surface area contributed by atoms with Gasteiger partial charge in [-0.1, -0.05) is 36.4 Å². The number of nitro benzene ring substituents is 2. The fourth-order valence-electron chi connectivity index (χ4n) is 3.18. The van der Waals surface area contributed by atoms with Gasteiger partial charge in [-0.2, -0.15) is 0 Å². The van der Waals surface area contributed by atoms with E-state index in [9.17, 15) is 20.2 Å². The van der Waals surface area contributed by atoms with Gasteiger partial charge in [-0.15, -0.1) is 0 Å². The van der Waals surface area contributed by atoms with Gasteiger partial charge >= 0.3 is 0 Å². The molecule has 0 bridgehead atoms. The lowest BCUT2D eigenvalue weighted by atomic mass is 10.2. The lowest BCUT2D eigenvalue weighted by molar-refractivity contribution is -0.385. The molecule has 0 saturated heterocycles. The molecule has 0 fully saturated rings. The van der Waals surface area contributed by atoms with Crippen molar-refractivity contribution in [2.45, 2.75) is 13.1 Å². The Morgan fingerprint density at radius 1 is 0.719 bits per heavy atom. The third kappa shape index (κ3) is 4.41. The van der Waals surface area contributed by atoms with Crippen molar-refractivity contribution in [3.63, 3.8) is 0 Å². The molecule has 32 heavy (non-hydrogen) atoms. The summed E-state index contributed by atoms with van der Waals surface area (Å²) in [5, 5.41) is 28.8. The van der Waals surface area contributed by atoms with E-state index in [1.807, 2.05) is 0 Å². The zero-order valence-electron chi connectivity index (χ0n) is 16.6. The van der Waals surface area contributed by atoms with E-state index in [1.54, 1.807) is 54.7 Å². The van der Waals surface area contributed by atoms with Gasteiger partial charge in [0.2, 0.25) is 0 Å². The van der Waals surface area contributed by atoms with Crippen molar-refractivity contribution in [3.05, 3.63) is 98.2 Å². The van der Waals surface area contributed by atoms with Crippen LogP contribution >= 0.6 is 0 Å². The van der Waals surface area contributed by atoms with Crippen LogP contribution in [0.15, 0.2) is 66.9 Å². The summed E-state index contributed by atoms with van der Waals surface area (Å²) >= 11 is 0. The number of hydrogen-bond acceptors (Lipinski definition) is 9. The Kier molecular flexibility index (Phi) is 5.79. The highest BCUT2D eigenvalue weighted by atomic mass is 16.6. The molecule has 11 heteroatoms. The first-order valence-electron chi connectivity index (χ1n) is 9.58. The van der Waals surface area contributed by atoms with Crippen LogP contribution in [0.5, 0.6) is 0 Å². The number of fused-ring (bicyclic) bond motifs is 1. The molecule has 160 valence electrons. The predicted octanol–water partition coefficient (Wildman–Crippen LogP) is 4.07. The minimum absolute atomic E-state index is 0.00941. The molecular weight excluding hydrogens is 414 g/mol. The number of hydrogen-bond donors (Lipinski definition) is 2. The van der Waals surface area contributed by atoms with E-state index in [0.717, 1.165) is 0 Å². The highest BCUT2D eigenvalue weighted by Gasteiger charge is 2.16. The van der Waals surface area contributed by atoms with E-state index in [0.29, 0.717) is 33.9 Å². The van der Waals surface area contributed by atoms with Crippen LogP contribution in [0.4, 0.5) is 23.0 Å². The first kappa shape index (κ1) is 20.6. The fourth-order valence-corrected chi connectivity index (χ4v) is 3.18. The second-order valence-corrected chi connectivity index (χ2v) is 6.75. The third-order valence-electron chi connectivity index (χ3n) is 4.71. The minimum atomic E-state index is -0.446. The summed E-state index contributed by atoms with van der Waals surface area (Å²) in [6, 6.07) is 16.3. The van der Waals surface area contributed by atoms with Crippen molar-refractivity contribution in [2.75, 3.05) is 10.6 Å². The van der Waals surface area contributed by atoms with Crippen molar-refractivity contribution in [1.29, 1.82) is 0 Å². The number of nitro groups is 2. The highest BCUT2D eigenvalue weighted by Crippen LogP contribution is 2.25. The van der Waals surface area contributed by atoms with Crippen molar-refractivity contribution in [3.8, 4) is 0 Å². The molecular formula is C21H17N7O4. The molecule has 0 unspecified atom stereocenters. The average Bonchev–Trinajstić information content (AvgIpc) is 2.81. The zero-order chi connectivity index (χ0) is 22.5. The maximum atomic E-state index is 11.3. The van der Waals surface area contributed by atoms with Gasteiger partial charge in [0, 0.05) is 42.5 Å². The number of aromatic nitrogens is 3. The Balaban J connectivity index is 1.64. The number of pyridine rings is 1. The van der Waals surface area contributed by atoms with E-state index in [4.69, 9.17) is 0 Å². The summed E-state index contributed by atoms with van der Waals surface area (Å²) in [5.41, 5.74) is 1.87. The van der Waals surface area contributed by atoms with Crippen LogP contribution in [0.3, 0.4) is 0 Å². The Hall–Kier alpha value is -4.67. The molecule has 0 radical (unpaired) electrons. The van der Waals surface area contributed by atoms with Gasteiger partial charge in [0.15, 0.2) is 17.3 Å². The van der Waals surface area contributed by atoms with Crippen molar-refractivity contribution in [2.24, 2.45) is 0 Å². The van der Waals surface area contributed by atoms with Gasteiger partial charge in [0.05, 0.1) is 9.85 Å². The predicted molar refractivity (Wildman–Crippen MR) is 118 cm³/mol. The molecule has 0 aliphatic rings. The maximum Gasteiger partial charge on any atom is 0.274 e. The van der Waals surface area contributed by atoms with Crippen LogP contribution in [0.1, 0.15) is 11.1 Å². The normalized spacial score (nSPS) is 10.6. The van der Waals surface area contributed by atoms with Crippen LogP contribution in [0.2, 0.25) is 0 Å². The number of nitrogens with one attached hydrogen (secondary N) is 2. The van der Waals surface area contributed by atoms with Crippen molar-refractivity contribution < 1.29 is 9.85 Å². The molecule has 2 N–H and O–H groups in total. The maximum absolute atomic E-state index is 11.3.